The summed E-state index contributed by atoms with van der Waals surface area (Å²) in [5.74, 6) is -0.110. The summed E-state index contributed by atoms with van der Waals surface area (Å²) < 4.78 is 11.6. The molecule has 0 aromatic heterocycles. The van der Waals surface area contributed by atoms with Crippen molar-refractivity contribution >= 4 is 22.4 Å². The maximum atomic E-state index is 11.8. The quantitative estimate of drug-likeness (QED) is 0.641. The first-order valence-corrected chi connectivity index (χ1v) is 9.93. The van der Waals surface area contributed by atoms with Crippen molar-refractivity contribution in [3.05, 3.63) is 0 Å². The Hall–Kier alpha value is -0.540. The molecular weight excluding hydrogens is 275 g/mol. The number of hydrogen-bond donors (Lipinski definition) is 3. The van der Waals surface area contributed by atoms with Gasteiger partial charge in [0.25, 0.3) is 0 Å². The number of amides is 1. The maximum absolute atomic E-state index is 11.8. The van der Waals surface area contributed by atoms with Crippen LogP contribution in [0.25, 0.3) is 0 Å². The van der Waals surface area contributed by atoms with Gasteiger partial charge in [-0.2, -0.15) is 5.26 Å². The van der Waals surface area contributed by atoms with Crippen LogP contribution in [-0.2, 0) is 9.36 Å². The third-order valence-electron chi connectivity index (χ3n) is 2.71. The molecule has 0 saturated carbocycles. The fraction of sp³-hybridized carbons (Fsp3) is 0.800. The number of hydrogen-bond acceptors (Lipinski definition) is 3. The molecule has 0 aliphatic heterocycles. The van der Waals surface area contributed by atoms with E-state index >= 15 is 0 Å². The number of nitrogens with zero attached hydrogens (tertiary/aromatic N) is 1. The summed E-state index contributed by atoms with van der Waals surface area (Å²) in [6.45, 7) is 2.15. The van der Waals surface area contributed by atoms with Crippen molar-refractivity contribution in [1.29, 1.82) is 5.26 Å². The number of rotatable bonds is 6. The lowest BCUT2D eigenvalue weighted by molar-refractivity contribution is -0.119. The van der Waals surface area contributed by atoms with Crippen LogP contribution >= 0.6 is 16.4 Å². The molecule has 8 heteroatoms. The molecular formula is C10H21N2O4PS. The summed E-state index contributed by atoms with van der Waals surface area (Å²) in [5, 5.41) is 11.3. The number of nitriles is 1. The largest absolute Gasteiger partial charge is 0.367 e. The third-order valence-corrected chi connectivity index (χ3v) is 11.6. The lowest BCUT2D eigenvalue weighted by Crippen LogP contribution is -2.44. The summed E-state index contributed by atoms with van der Waals surface area (Å²) in [5.41, 5.74) is -1.03. The second kappa shape index (κ2) is 6.07. The van der Waals surface area contributed by atoms with E-state index in [0.29, 0.717) is 0 Å². The number of carbonyl (C=O) groups is 1. The Balaban J connectivity index is 5.00. The Morgan fingerprint density at radius 1 is 1.39 bits per heavy atom. The Bertz CT molecular complexity index is 395. The van der Waals surface area contributed by atoms with E-state index in [-0.39, 0.29) is 17.3 Å². The van der Waals surface area contributed by atoms with Gasteiger partial charge < -0.3 is 15.1 Å². The van der Waals surface area contributed by atoms with E-state index in [1.807, 2.05) is 6.07 Å². The van der Waals surface area contributed by atoms with Crippen LogP contribution in [0, 0.1) is 11.3 Å². The van der Waals surface area contributed by atoms with Crippen LogP contribution in [0.3, 0.4) is 0 Å². The van der Waals surface area contributed by atoms with E-state index in [1.54, 1.807) is 13.8 Å². The van der Waals surface area contributed by atoms with E-state index in [1.165, 1.54) is 13.8 Å². The maximum Gasteiger partial charge on any atom is 0.367 e. The number of nitrogens with one attached hydrogen (secondary N) is 1. The molecule has 3 N–H and O–H groups in total. The number of carbonyl (C=O) groups excluding carboxylic acids is 1. The molecule has 1 amide bonds. The van der Waals surface area contributed by atoms with Crippen molar-refractivity contribution in [2.45, 2.75) is 33.2 Å². The van der Waals surface area contributed by atoms with E-state index < -0.39 is 27.9 Å². The first-order valence-electron chi connectivity index (χ1n) is 5.58. The highest BCUT2D eigenvalue weighted by molar-refractivity contribution is 8.76. The Labute approximate surface area is 109 Å². The molecule has 106 valence electrons. The molecule has 0 radical (unpaired) electrons. The second-order valence-electron chi connectivity index (χ2n) is 4.50. The van der Waals surface area contributed by atoms with Gasteiger partial charge in [-0.1, -0.05) is 13.8 Å². The standard InChI is InChI=1S/C10H21N2O4PS/c1-5-18(6-2,17(14,15)16)7-9(13)12-10(3,4)8-11/h5-7H2,1-4H3,(H,12,13)(H2,14,15,16). The minimum atomic E-state index is -4.30. The molecule has 0 heterocycles. The average Bonchev–Trinajstić information content (AvgIpc) is 2.23. The van der Waals surface area contributed by atoms with Crippen LogP contribution in [0.2, 0.25) is 0 Å². The molecule has 0 aliphatic rings. The van der Waals surface area contributed by atoms with Crippen LogP contribution in [0.1, 0.15) is 27.7 Å². The molecule has 0 bridgehead atoms. The molecule has 6 nitrogen and oxygen atoms in total. The molecule has 0 aromatic carbocycles. The highest BCUT2D eigenvalue weighted by Crippen LogP contribution is 2.76. The van der Waals surface area contributed by atoms with Crippen LogP contribution in [0.5, 0.6) is 0 Å². The van der Waals surface area contributed by atoms with E-state index in [0.717, 1.165) is 0 Å². The fourth-order valence-corrected chi connectivity index (χ4v) is 6.58. The van der Waals surface area contributed by atoms with E-state index in [2.05, 4.69) is 5.32 Å². The molecule has 18 heavy (non-hydrogen) atoms. The second-order valence-corrected chi connectivity index (χ2v) is 12.7. The predicted octanol–water partition coefficient (Wildman–Crippen LogP) is 1.34. The van der Waals surface area contributed by atoms with Gasteiger partial charge in [-0.3, -0.25) is 4.79 Å². The zero-order valence-corrected chi connectivity index (χ0v) is 12.8. The van der Waals surface area contributed by atoms with Crippen LogP contribution in [-0.4, -0.2) is 38.5 Å². The topological polar surface area (TPSA) is 110 Å². The Morgan fingerprint density at radius 3 is 2.11 bits per heavy atom. The van der Waals surface area contributed by atoms with Crippen molar-refractivity contribution in [2.24, 2.45) is 0 Å². The zero-order valence-electron chi connectivity index (χ0n) is 11.1. The third kappa shape index (κ3) is 4.29. The van der Waals surface area contributed by atoms with Gasteiger partial charge in [0.2, 0.25) is 5.91 Å². The van der Waals surface area contributed by atoms with Gasteiger partial charge in [0, 0.05) is 0 Å². The van der Waals surface area contributed by atoms with E-state index in [4.69, 9.17) is 5.26 Å². The molecule has 0 rings (SSSR count). The first kappa shape index (κ1) is 17.5. The summed E-state index contributed by atoms with van der Waals surface area (Å²) in [6.07, 6.45) is 0. The predicted molar refractivity (Wildman–Crippen MR) is 73.4 cm³/mol. The normalized spacial score (nSPS) is 13.8. The minimum absolute atomic E-state index is 0.199. The Morgan fingerprint density at radius 2 is 1.83 bits per heavy atom. The molecule has 0 fully saturated rings. The van der Waals surface area contributed by atoms with Crippen molar-refractivity contribution in [1.82, 2.24) is 5.32 Å². The van der Waals surface area contributed by atoms with Crippen LogP contribution in [0.15, 0.2) is 0 Å². The van der Waals surface area contributed by atoms with Crippen LogP contribution in [0.4, 0.5) is 0 Å². The molecule has 0 aliphatic carbocycles. The van der Waals surface area contributed by atoms with Gasteiger partial charge in [0.05, 0.1) is 11.8 Å². The van der Waals surface area contributed by atoms with E-state index in [9.17, 15) is 19.1 Å². The summed E-state index contributed by atoms with van der Waals surface area (Å²) in [4.78, 5) is 30.7. The molecule has 0 spiro atoms. The molecule has 0 aromatic rings. The fourth-order valence-electron chi connectivity index (χ4n) is 1.49. The lowest BCUT2D eigenvalue weighted by atomic mass is 10.1. The van der Waals surface area contributed by atoms with Crippen molar-refractivity contribution in [3.63, 3.8) is 0 Å². The van der Waals surface area contributed by atoms with Crippen molar-refractivity contribution in [2.75, 3.05) is 17.3 Å². The molecule has 0 atom stereocenters. The van der Waals surface area contributed by atoms with Gasteiger partial charge in [-0.15, -0.1) is 9.65 Å². The molecule has 0 unspecified atom stereocenters. The minimum Gasteiger partial charge on any atom is -0.338 e. The summed E-state index contributed by atoms with van der Waals surface area (Å²) >= 11 is 0. The highest BCUT2D eigenvalue weighted by atomic mass is 32.8. The van der Waals surface area contributed by atoms with Crippen molar-refractivity contribution < 1.29 is 19.1 Å². The smallest absolute Gasteiger partial charge is 0.338 e. The average molecular weight is 296 g/mol. The lowest BCUT2D eigenvalue weighted by Gasteiger charge is -2.38. The SMILES string of the molecule is CCS(CC)(CC(=O)NC(C)(C)C#N)P(=O)(O)O. The zero-order chi connectivity index (χ0) is 14.6. The van der Waals surface area contributed by atoms with Gasteiger partial charge in [-0.05, 0) is 25.4 Å². The monoisotopic (exact) mass is 296 g/mol. The van der Waals surface area contributed by atoms with Gasteiger partial charge in [0.15, 0.2) is 0 Å². The van der Waals surface area contributed by atoms with Gasteiger partial charge in [0.1, 0.15) is 5.54 Å². The van der Waals surface area contributed by atoms with Crippen molar-refractivity contribution in [3.8, 4) is 6.07 Å². The first-order chi connectivity index (χ1) is 8.03. The van der Waals surface area contributed by atoms with Gasteiger partial charge >= 0.3 is 6.80 Å². The van der Waals surface area contributed by atoms with Crippen LogP contribution < -0.4 is 5.32 Å². The Kier molecular flexibility index (Phi) is 5.89. The summed E-state index contributed by atoms with van der Waals surface area (Å²) in [6, 6.07) is 1.92. The summed E-state index contributed by atoms with van der Waals surface area (Å²) in [7, 11) is -2.32. The molecule has 0 saturated heterocycles. The van der Waals surface area contributed by atoms with Gasteiger partial charge in [-0.25, -0.2) is 4.57 Å². The highest BCUT2D eigenvalue weighted by Gasteiger charge is 2.40.